The van der Waals surface area contributed by atoms with Crippen molar-refractivity contribution >= 4 is 35.7 Å². The number of benzene rings is 2. The molecule has 0 spiro atoms. The number of nitrogens with one attached hydrogen (secondary N) is 2. The average molecular weight is 538 g/mol. The predicted octanol–water partition coefficient (Wildman–Crippen LogP) is 3.76. The zero-order valence-corrected chi connectivity index (χ0v) is 22.5. The Morgan fingerprint density at radius 3 is 2.13 bits per heavy atom. The van der Waals surface area contributed by atoms with Gasteiger partial charge in [0.1, 0.15) is 17.6 Å². The van der Waals surface area contributed by atoms with E-state index in [1.165, 1.54) is 0 Å². The smallest absolute Gasteiger partial charge is 0.343 e. The Morgan fingerprint density at radius 2 is 1.54 bits per heavy atom. The van der Waals surface area contributed by atoms with E-state index in [0.29, 0.717) is 53.9 Å². The molecule has 0 aromatic heterocycles. The van der Waals surface area contributed by atoms with E-state index in [1.807, 2.05) is 0 Å². The minimum Gasteiger partial charge on any atom is -0.466 e. The number of hydrogen-bond donors (Lipinski definition) is 3. The average Bonchev–Trinajstić information content (AvgIpc) is 2.91. The van der Waals surface area contributed by atoms with Crippen LogP contribution in [0.2, 0.25) is 0 Å². The van der Waals surface area contributed by atoms with Crippen LogP contribution in [-0.2, 0) is 23.9 Å². The molecule has 10 nitrogen and oxygen atoms in total. The molecule has 39 heavy (non-hydrogen) atoms. The maximum Gasteiger partial charge on any atom is 0.343 e. The monoisotopic (exact) mass is 537 g/mol. The Morgan fingerprint density at radius 1 is 0.923 bits per heavy atom. The summed E-state index contributed by atoms with van der Waals surface area (Å²) in [4.78, 5) is 49.1. The van der Waals surface area contributed by atoms with Crippen molar-refractivity contribution in [1.82, 2.24) is 5.32 Å². The maximum atomic E-state index is 12.8. The summed E-state index contributed by atoms with van der Waals surface area (Å²) in [5.74, 6) is -1.59. The first kappa shape index (κ1) is 30.8. The van der Waals surface area contributed by atoms with Crippen LogP contribution in [0.15, 0.2) is 54.1 Å². The second kappa shape index (κ2) is 15.7. The van der Waals surface area contributed by atoms with Gasteiger partial charge in [0, 0.05) is 17.6 Å². The van der Waals surface area contributed by atoms with E-state index < -0.39 is 23.9 Å². The van der Waals surface area contributed by atoms with Crippen molar-refractivity contribution in [2.75, 3.05) is 13.2 Å². The Kier molecular flexibility index (Phi) is 12.4. The molecule has 0 radical (unpaired) electrons. The third kappa shape index (κ3) is 10.4. The van der Waals surface area contributed by atoms with Gasteiger partial charge in [0.15, 0.2) is 0 Å². The first-order chi connectivity index (χ1) is 18.6. The highest BCUT2D eigenvalue weighted by atomic mass is 16.5. The highest BCUT2D eigenvalue weighted by Crippen LogP contribution is 2.16. The summed E-state index contributed by atoms with van der Waals surface area (Å²) >= 11 is 0. The molecule has 0 saturated heterocycles. The molecule has 1 amide bonds. The lowest BCUT2D eigenvalue weighted by Gasteiger charge is -2.17. The number of nitrogen functional groups attached to an aromatic ring is 1. The van der Waals surface area contributed by atoms with Gasteiger partial charge in [-0.05, 0) is 81.7 Å². The van der Waals surface area contributed by atoms with Gasteiger partial charge in [0.25, 0.3) is 0 Å². The van der Waals surface area contributed by atoms with E-state index in [9.17, 15) is 19.2 Å². The fourth-order valence-corrected chi connectivity index (χ4v) is 3.51. The second-order valence-corrected chi connectivity index (χ2v) is 8.61. The van der Waals surface area contributed by atoms with Gasteiger partial charge in [-0.1, -0.05) is 18.6 Å². The number of hydrogen-bond acceptors (Lipinski definition) is 8. The lowest BCUT2D eigenvalue weighted by molar-refractivity contribution is -0.147. The molecule has 1 atom stereocenters. The van der Waals surface area contributed by atoms with Gasteiger partial charge in [-0.15, -0.1) is 0 Å². The first-order valence-electron chi connectivity index (χ1n) is 12.7. The zero-order chi connectivity index (χ0) is 28.8. The van der Waals surface area contributed by atoms with Gasteiger partial charge in [-0.3, -0.25) is 15.0 Å². The lowest BCUT2D eigenvalue weighted by Crippen LogP contribution is -2.42. The number of amides is 1. The molecule has 0 aliphatic heterocycles. The fourth-order valence-electron chi connectivity index (χ4n) is 3.51. The molecule has 0 heterocycles. The Bertz CT molecular complexity index is 1190. The van der Waals surface area contributed by atoms with E-state index in [4.69, 9.17) is 25.4 Å². The van der Waals surface area contributed by atoms with E-state index >= 15 is 0 Å². The molecule has 0 aliphatic carbocycles. The fraction of sp³-hybridized carbons (Fsp3) is 0.345. The summed E-state index contributed by atoms with van der Waals surface area (Å²) in [6.07, 6.45) is 3.26. The maximum absolute atomic E-state index is 12.8. The molecule has 0 bridgehead atoms. The van der Waals surface area contributed by atoms with Crippen LogP contribution in [0.5, 0.6) is 5.75 Å². The molecule has 0 saturated carbocycles. The molecule has 1 unspecified atom stereocenters. The Labute approximate surface area is 228 Å². The Balaban J connectivity index is 1.97. The van der Waals surface area contributed by atoms with E-state index in [-0.39, 0.29) is 24.8 Å². The van der Waals surface area contributed by atoms with Crippen molar-refractivity contribution in [2.24, 2.45) is 5.73 Å². The number of esters is 3. The molecule has 2 aromatic carbocycles. The number of rotatable bonds is 14. The number of carbonyl (C=O) groups is 4. The van der Waals surface area contributed by atoms with Gasteiger partial charge < -0.3 is 25.3 Å². The van der Waals surface area contributed by atoms with E-state index in [2.05, 4.69) is 5.32 Å². The standard InChI is InChI=1S/C29H35N3O7/c1-4-37-25(33)9-7-6-8-24(29(36)38-5-2)32-27(34)19(3)18-20-10-12-22(13-11-20)28(35)39-23-16-14-21(15-17-23)26(30)31/h10-18,24H,4-9H2,1-3H3,(H3,30,31)(H,32,34)/b19-18+. The van der Waals surface area contributed by atoms with E-state index in [1.54, 1.807) is 75.4 Å². The summed E-state index contributed by atoms with van der Waals surface area (Å²) in [6, 6.07) is 11.9. The zero-order valence-electron chi connectivity index (χ0n) is 22.5. The number of amidine groups is 1. The van der Waals surface area contributed by atoms with Gasteiger partial charge >= 0.3 is 17.9 Å². The number of ether oxygens (including phenoxy) is 3. The third-order valence-corrected chi connectivity index (χ3v) is 5.57. The second-order valence-electron chi connectivity index (χ2n) is 8.61. The topological polar surface area (TPSA) is 158 Å². The largest absolute Gasteiger partial charge is 0.466 e. The predicted molar refractivity (Wildman–Crippen MR) is 146 cm³/mol. The SMILES string of the molecule is CCOC(=O)CCCCC(NC(=O)/C(C)=C/c1ccc(C(=O)Oc2ccc(C(=N)N)cc2)cc1)C(=O)OCC. The van der Waals surface area contributed by atoms with Crippen LogP contribution in [0.25, 0.3) is 6.08 Å². The molecule has 10 heteroatoms. The summed E-state index contributed by atoms with van der Waals surface area (Å²) in [6.45, 7) is 5.54. The minimum atomic E-state index is -0.843. The lowest BCUT2D eigenvalue weighted by atomic mass is 10.1. The van der Waals surface area contributed by atoms with Crippen molar-refractivity contribution in [1.29, 1.82) is 5.41 Å². The van der Waals surface area contributed by atoms with Gasteiger partial charge in [0.05, 0.1) is 18.8 Å². The molecule has 208 valence electrons. The summed E-state index contributed by atoms with van der Waals surface area (Å²) in [5.41, 5.74) is 7.29. The van der Waals surface area contributed by atoms with Crippen molar-refractivity contribution < 1.29 is 33.4 Å². The van der Waals surface area contributed by atoms with Crippen molar-refractivity contribution in [3.63, 3.8) is 0 Å². The number of nitrogens with two attached hydrogens (primary N) is 1. The summed E-state index contributed by atoms with van der Waals surface area (Å²) in [5, 5.41) is 10.1. The normalized spacial score (nSPS) is 11.7. The van der Waals surface area contributed by atoms with Crippen LogP contribution >= 0.6 is 0 Å². The Hall–Kier alpha value is -4.47. The number of carbonyl (C=O) groups excluding carboxylic acids is 4. The highest BCUT2D eigenvalue weighted by molar-refractivity contribution is 5.99. The molecular weight excluding hydrogens is 502 g/mol. The van der Waals surface area contributed by atoms with Crippen molar-refractivity contribution in [3.8, 4) is 5.75 Å². The summed E-state index contributed by atoms with van der Waals surface area (Å²) in [7, 11) is 0. The van der Waals surface area contributed by atoms with Crippen LogP contribution < -0.4 is 15.8 Å². The molecule has 4 N–H and O–H groups in total. The van der Waals surface area contributed by atoms with Gasteiger partial charge in [-0.25, -0.2) is 9.59 Å². The highest BCUT2D eigenvalue weighted by Gasteiger charge is 2.22. The first-order valence-corrected chi connectivity index (χ1v) is 12.7. The van der Waals surface area contributed by atoms with Gasteiger partial charge in [0.2, 0.25) is 5.91 Å². The summed E-state index contributed by atoms with van der Waals surface area (Å²) < 4.78 is 15.3. The van der Waals surface area contributed by atoms with Crippen molar-refractivity contribution in [3.05, 3.63) is 70.8 Å². The van der Waals surface area contributed by atoms with Crippen LogP contribution in [0.4, 0.5) is 0 Å². The van der Waals surface area contributed by atoms with E-state index in [0.717, 1.165) is 0 Å². The molecular formula is C29H35N3O7. The molecule has 2 rings (SSSR count). The molecule has 0 fully saturated rings. The van der Waals surface area contributed by atoms with Crippen LogP contribution in [0, 0.1) is 5.41 Å². The third-order valence-electron chi connectivity index (χ3n) is 5.57. The minimum absolute atomic E-state index is 0.0806. The van der Waals surface area contributed by atoms with Gasteiger partial charge in [-0.2, -0.15) is 0 Å². The molecule has 0 aliphatic rings. The molecule has 2 aromatic rings. The quantitative estimate of drug-likeness (QED) is 0.0821. The number of unbranched alkanes of at least 4 members (excludes halogenated alkanes) is 1. The van der Waals surface area contributed by atoms with Crippen LogP contribution in [0.3, 0.4) is 0 Å². The van der Waals surface area contributed by atoms with Crippen LogP contribution in [0.1, 0.15) is 67.9 Å². The van der Waals surface area contributed by atoms with Crippen LogP contribution in [-0.4, -0.2) is 48.9 Å². The van der Waals surface area contributed by atoms with Crippen molar-refractivity contribution in [2.45, 2.75) is 52.5 Å².